The lowest BCUT2D eigenvalue weighted by Crippen LogP contribution is -2.11. The van der Waals surface area contributed by atoms with Crippen LogP contribution in [0.3, 0.4) is 0 Å². The molecule has 3 rings (SSSR count). The van der Waals surface area contributed by atoms with Crippen molar-refractivity contribution in [3.8, 4) is 0 Å². The number of carbonyl (C=O) groups is 1. The van der Waals surface area contributed by atoms with Gasteiger partial charge >= 0.3 is 0 Å². The Morgan fingerprint density at radius 3 is 2.62 bits per heavy atom. The number of carbonyl (C=O) groups excluding carboxylic acids is 1. The molecule has 1 aromatic heterocycles. The van der Waals surface area contributed by atoms with E-state index in [1.807, 2.05) is 0 Å². The van der Waals surface area contributed by atoms with Crippen molar-refractivity contribution >= 4 is 45.4 Å². The number of hydrogen-bond acceptors (Lipinski definition) is 4. The zero-order valence-electron chi connectivity index (χ0n) is 12.6. The number of rotatable bonds is 4. The van der Waals surface area contributed by atoms with E-state index in [2.05, 4.69) is 15.6 Å². The number of hydrogen-bond donors (Lipinski definition) is 2. The lowest BCUT2D eigenvalue weighted by Gasteiger charge is -2.03. The molecule has 0 atom stereocenters. The lowest BCUT2D eigenvalue weighted by atomic mass is 10.3. The fourth-order valence-corrected chi connectivity index (χ4v) is 3.08. The number of nitrogens with one attached hydrogen (secondary N) is 2. The van der Waals surface area contributed by atoms with Crippen molar-refractivity contribution in [2.75, 3.05) is 10.6 Å². The highest BCUT2D eigenvalue weighted by molar-refractivity contribution is 7.17. The highest BCUT2D eigenvalue weighted by Gasteiger charge is 2.15. The molecule has 2 aromatic carbocycles. The molecule has 4 nitrogen and oxygen atoms in total. The van der Waals surface area contributed by atoms with Crippen LogP contribution in [0.2, 0.25) is 5.02 Å². The van der Waals surface area contributed by atoms with Crippen molar-refractivity contribution < 1.29 is 9.18 Å². The fraction of sp³-hybridized carbons (Fsp3) is 0.0588. The minimum atomic E-state index is -0.339. The molecule has 0 spiro atoms. The predicted octanol–water partition coefficient (Wildman–Crippen LogP) is 5.24. The third kappa shape index (κ3) is 3.90. The summed E-state index contributed by atoms with van der Waals surface area (Å²) in [7, 11) is 0. The first-order chi connectivity index (χ1) is 11.5. The number of benzene rings is 2. The van der Waals surface area contributed by atoms with Crippen LogP contribution in [0.25, 0.3) is 0 Å². The van der Waals surface area contributed by atoms with Gasteiger partial charge in [-0.25, -0.2) is 9.37 Å². The number of nitrogens with zero attached hydrogens (tertiary/aromatic N) is 1. The van der Waals surface area contributed by atoms with E-state index in [4.69, 9.17) is 11.6 Å². The van der Waals surface area contributed by atoms with Gasteiger partial charge in [0.05, 0.1) is 5.69 Å². The lowest BCUT2D eigenvalue weighted by molar-refractivity contribution is 0.103. The van der Waals surface area contributed by atoms with Crippen LogP contribution in [-0.2, 0) is 0 Å². The van der Waals surface area contributed by atoms with Crippen molar-refractivity contribution in [2.45, 2.75) is 6.92 Å². The van der Waals surface area contributed by atoms with Gasteiger partial charge in [0.15, 0.2) is 5.13 Å². The van der Waals surface area contributed by atoms with E-state index in [0.717, 1.165) is 0 Å². The van der Waals surface area contributed by atoms with Crippen molar-refractivity contribution in [1.82, 2.24) is 4.98 Å². The molecule has 1 amide bonds. The molecule has 1 heterocycles. The zero-order valence-corrected chi connectivity index (χ0v) is 14.2. The Bertz CT molecular complexity index is 880. The molecule has 122 valence electrons. The summed E-state index contributed by atoms with van der Waals surface area (Å²) < 4.78 is 13.2. The number of halogens is 2. The quantitative estimate of drug-likeness (QED) is 0.668. The molecule has 0 aliphatic carbocycles. The van der Waals surface area contributed by atoms with Gasteiger partial charge < -0.3 is 10.6 Å². The van der Waals surface area contributed by atoms with Gasteiger partial charge in [0.25, 0.3) is 5.91 Å². The Hall–Kier alpha value is -2.44. The molecule has 0 radical (unpaired) electrons. The Morgan fingerprint density at radius 2 is 1.92 bits per heavy atom. The molecule has 0 unspecified atom stereocenters. The van der Waals surface area contributed by atoms with Crippen molar-refractivity contribution in [3.63, 3.8) is 0 Å². The maximum atomic E-state index is 13.2. The molecule has 7 heteroatoms. The van der Waals surface area contributed by atoms with Crippen LogP contribution in [0.5, 0.6) is 0 Å². The van der Waals surface area contributed by atoms with Crippen molar-refractivity contribution in [2.24, 2.45) is 0 Å². The van der Waals surface area contributed by atoms with Crippen LogP contribution in [0, 0.1) is 12.7 Å². The summed E-state index contributed by atoms with van der Waals surface area (Å²) in [5.74, 6) is -0.589. The second-order valence-electron chi connectivity index (χ2n) is 5.03. The van der Waals surface area contributed by atoms with Gasteiger partial charge in [-0.05, 0) is 49.4 Å². The number of anilines is 3. The van der Waals surface area contributed by atoms with E-state index in [1.54, 1.807) is 43.3 Å². The van der Waals surface area contributed by atoms with Crippen molar-refractivity contribution in [3.05, 3.63) is 69.9 Å². The number of aryl methyl sites for hydroxylation is 1. The molecule has 0 fully saturated rings. The summed E-state index contributed by atoms with van der Waals surface area (Å²) in [6, 6.07) is 12.9. The van der Waals surface area contributed by atoms with E-state index in [9.17, 15) is 9.18 Å². The molecular formula is C17H13ClFN3OS. The highest BCUT2D eigenvalue weighted by atomic mass is 35.5. The summed E-state index contributed by atoms with van der Waals surface area (Å²) in [6.45, 7) is 1.75. The van der Waals surface area contributed by atoms with Crippen LogP contribution in [-0.4, -0.2) is 10.9 Å². The maximum Gasteiger partial charge on any atom is 0.267 e. The minimum Gasteiger partial charge on any atom is -0.331 e. The topological polar surface area (TPSA) is 54.0 Å². The Balaban J connectivity index is 1.75. The summed E-state index contributed by atoms with van der Waals surface area (Å²) in [6.07, 6.45) is 0. The van der Waals surface area contributed by atoms with Crippen LogP contribution >= 0.6 is 22.9 Å². The van der Waals surface area contributed by atoms with Crippen molar-refractivity contribution in [1.29, 1.82) is 0 Å². The minimum absolute atomic E-state index is 0.250. The molecule has 0 saturated heterocycles. The van der Waals surface area contributed by atoms with E-state index in [1.165, 1.54) is 23.5 Å². The monoisotopic (exact) mass is 361 g/mol. The smallest absolute Gasteiger partial charge is 0.267 e. The highest BCUT2D eigenvalue weighted by Crippen LogP contribution is 2.27. The molecule has 0 bridgehead atoms. The van der Waals surface area contributed by atoms with Crippen LogP contribution in [0.4, 0.5) is 20.9 Å². The zero-order chi connectivity index (χ0) is 17.1. The van der Waals surface area contributed by atoms with Gasteiger partial charge in [-0.1, -0.05) is 29.0 Å². The van der Waals surface area contributed by atoms with Gasteiger partial charge in [0.1, 0.15) is 10.7 Å². The molecule has 24 heavy (non-hydrogen) atoms. The van der Waals surface area contributed by atoms with E-state index in [-0.39, 0.29) is 11.7 Å². The summed E-state index contributed by atoms with van der Waals surface area (Å²) in [5, 5.41) is 6.93. The summed E-state index contributed by atoms with van der Waals surface area (Å²) >= 11 is 7.03. The number of thiazole rings is 1. The molecular weight excluding hydrogens is 349 g/mol. The SMILES string of the molecule is Cc1nc(Nc2cccc(F)c2)sc1C(=O)Nc1ccc(Cl)cc1. The standard InChI is InChI=1S/C17H13ClFN3OS/c1-10-15(16(23)21-13-7-5-11(18)6-8-13)24-17(20-10)22-14-4-2-3-12(19)9-14/h2-9H,1H3,(H,20,22)(H,21,23). The summed E-state index contributed by atoms with van der Waals surface area (Å²) in [4.78, 5) is 17.2. The fourth-order valence-electron chi connectivity index (χ4n) is 2.07. The van der Waals surface area contributed by atoms with Gasteiger partial charge in [0.2, 0.25) is 0 Å². The van der Waals surface area contributed by atoms with Gasteiger partial charge in [-0.15, -0.1) is 0 Å². The first-order valence-corrected chi connectivity index (χ1v) is 8.27. The average molecular weight is 362 g/mol. The summed E-state index contributed by atoms with van der Waals surface area (Å²) in [5.41, 5.74) is 1.83. The molecule has 3 aromatic rings. The van der Waals surface area contributed by atoms with Crippen LogP contribution in [0.1, 0.15) is 15.4 Å². The predicted molar refractivity (Wildman–Crippen MR) is 95.9 cm³/mol. The molecule has 0 aliphatic heterocycles. The van der Waals surface area contributed by atoms with E-state index in [0.29, 0.717) is 32.1 Å². The molecule has 2 N–H and O–H groups in total. The Morgan fingerprint density at radius 1 is 1.17 bits per heavy atom. The largest absolute Gasteiger partial charge is 0.331 e. The van der Waals surface area contributed by atoms with Gasteiger partial charge in [-0.3, -0.25) is 4.79 Å². The molecule has 0 saturated carbocycles. The van der Waals surface area contributed by atoms with Gasteiger partial charge in [0, 0.05) is 16.4 Å². The first-order valence-electron chi connectivity index (χ1n) is 7.08. The third-order valence-electron chi connectivity index (χ3n) is 3.18. The van der Waals surface area contributed by atoms with Crippen LogP contribution in [0.15, 0.2) is 48.5 Å². The van der Waals surface area contributed by atoms with E-state index < -0.39 is 0 Å². The third-order valence-corrected chi connectivity index (χ3v) is 4.50. The average Bonchev–Trinajstić information content (AvgIpc) is 2.90. The number of amides is 1. The Labute approximate surface area is 147 Å². The normalized spacial score (nSPS) is 10.5. The van der Waals surface area contributed by atoms with Crippen LogP contribution < -0.4 is 10.6 Å². The maximum absolute atomic E-state index is 13.2. The second-order valence-corrected chi connectivity index (χ2v) is 6.47. The van der Waals surface area contributed by atoms with Gasteiger partial charge in [-0.2, -0.15) is 0 Å². The molecule has 0 aliphatic rings. The Kier molecular flexibility index (Phi) is 4.78. The second kappa shape index (κ2) is 6.98. The number of aromatic nitrogens is 1. The first kappa shape index (κ1) is 16.4. The van der Waals surface area contributed by atoms with E-state index >= 15 is 0 Å².